The third kappa shape index (κ3) is 6.04. The minimum atomic E-state index is -1.29. The van der Waals surface area contributed by atoms with Gasteiger partial charge in [-0.05, 0) is 25.7 Å². The van der Waals surface area contributed by atoms with Gasteiger partial charge in [-0.3, -0.25) is 19.3 Å². The molecule has 0 aromatic carbocycles. The van der Waals surface area contributed by atoms with Crippen molar-refractivity contribution in [3.8, 4) is 0 Å². The van der Waals surface area contributed by atoms with Crippen LogP contribution in [0.5, 0.6) is 0 Å². The summed E-state index contributed by atoms with van der Waals surface area (Å²) in [5.74, 6) is -3.12. The van der Waals surface area contributed by atoms with Crippen molar-refractivity contribution < 1.29 is 14.4 Å². The van der Waals surface area contributed by atoms with E-state index in [0.717, 1.165) is 77.0 Å². The van der Waals surface area contributed by atoms with Crippen LogP contribution in [0, 0.1) is 5.92 Å². The largest absolute Gasteiger partial charge is 0.369 e. The maximum Gasteiger partial charge on any atom is 0.278 e. The number of hydrogen-bond donors (Lipinski definition) is 3. The van der Waals surface area contributed by atoms with Crippen molar-refractivity contribution in [3.05, 3.63) is 0 Å². The Balaban J connectivity index is 1.81. The molecule has 1 atom stereocenters. The SMILES string of the molecule is NC(N)=N/N=C1\C(=O)N(C2CCCCCCC2)C(=O)[C@H]1C(=O)NC1CCCCCCC1. The molecule has 0 aromatic heterocycles. The highest BCUT2D eigenvalue weighted by atomic mass is 16.2. The molecule has 31 heavy (non-hydrogen) atoms. The summed E-state index contributed by atoms with van der Waals surface area (Å²) >= 11 is 0. The molecule has 3 fully saturated rings. The van der Waals surface area contributed by atoms with Gasteiger partial charge in [0, 0.05) is 12.1 Å². The Hall–Kier alpha value is -2.45. The van der Waals surface area contributed by atoms with Crippen LogP contribution in [-0.4, -0.2) is 46.4 Å². The van der Waals surface area contributed by atoms with Crippen molar-refractivity contribution in [1.82, 2.24) is 10.2 Å². The number of guanidine groups is 1. The van der Waals surface area contributed by atoms with Gasteiger partial charge in [0.25, 0.3) is 5.91 Å². The van der Waals surface area contributed by atoms with E-state index in [4.69, 9.17) is 11.5 Å². The van der Waals surface area contributed by atoms with Gasteiger partial charge in [0.1, 0.15) is 0 Å². The van der Waals surface area contributed by atoms with E-state index in [1.165, 1.54) is 17.7 Å². The van der Waals surface area contributed by atoms with Gasteiger partial charge in [0.15, 0.2) is 11.6 Å². The van der Waals surface area contributed by atoms with Gasteiger partial charge in [-0.15, -0.1) is 10.2 Å². The Morgan fingerprint density at radius 2 is 1.35 bits per heavy atom. The highest BCUT2D eigenvalue weighted by molar-refractivity contribution is 6.54. The average molecular weight is 433 g/mol. The molecule has 0 aromatic rings. The van der Waals surface area contributed by atoms with E-state index in [0.29, 0.717) is 0 Å². The Labute approximate surface area is 184 Å². The normalized spacial score (nSPS) is 26.1. The lowest BCUT2D eigenvalue weighted by Gasteiger charge is -2.28. The van der Waals surface area contributed by atoms with Crippen molar-refractivity contribution in [2.75, 3.05) is 0 Å². The van der Waals surface area contributed by atoms with Gasteiger partial charge in [-0.25, -0.2) is 0 Å². The molecule has 0 radical (unpaired) electrons. The van der Waals surface area contributed by atoms with Crippen LogP contribution < -0.4 is 16.8 Å². The van der Waals surface area contributed by atoms with Crippen molar-refractivity contribution in [2.24, 2.45) is 27.6 Å². The average Bonchev–Trinajstić information content (AvgIpc) is 2.92. The topological polar surface area (TPSA) is 143 Å². The van der Waals surface area contributed by atoms with Crippen molar-refractivity contribution in [3.63, 3.8) is 0 Å². The third-order valence-corrected chi connectivity index (χ3v) is 6.62. The molecule has 1 aliphatic heterocycles. The molecule has 5 N–H and O–H groups in total. The van der Waals surface area contributed by atoms with Gasteiger partial charge in [-0.2, -0.15) is 0 Å². The Bertz CT molecular complexity index is 715. The first-order valence-corrected chi connectivity index (χ1v) is 11.8. The lowest BCUT2D eigenvalue weighted by atomic mass is 9.95. The maximum absolute atomic E-state index is 13.3. The molecular weight excluding hydrogens is 396 g/mol. The number of likely N-dealkylation sites (tertiary alicyclic amines) is 1. The minimum absolute atomic E-state index is 0.00970. The molecule has 0 spiro atoms. The summed E-state index contributed by atoms with van der Waals surface area (Å²) in [6.07, 6.45) is 14.2. The second-order valence-corrected chi connectivity index (χ2v) is 9.01. The number of carbonyl (C=O) groups excluding carboxylic acids is 3. The zero-order valence-corrected chi connectivity index (χ0v) is 18.4. The summed E-state index contributed by atoms with van der Waals surface area (Å²) < 4.78 is 0. The standard InChI is InChI=1S/C22H36N6O3/c23-22(24)27-26-18-17(19(29)25-15-11-7-3-1-4-8-12-15)20(30)28(21(18)31)16-13-9-5-2-6-10-14-16/h15-17H,1-14H2,(H,25,29)(H4,23,24,27)/b26-18-/t17-/m1/s1. The van der Waals surface area contributed by atoms with Crippen LogP contribution in [0.2, 0.25) is 0 Å². The summed E-state index contributed by atoms with van der Waals surface area (Å²) in [5.41, 5.74) is 10.6. The summed E-state index contributed by atoms with van der Waals surface area (Å²) in [6.45, 7) is 0. The zero-order chi connectivity index (χ0) is 22.2. The van der Waals surface area contributed by atoms with E-state index in [1.807, 2.05) is 0 Å². The number of imide groups is 1. The number of amides is 3. The van der Waals surface area contributed by atoms with Gasteiger partial charge >= 0.3 is 0 Å². The van der Waals surface area contributed by atoms with E-state index in [-0.39, 0.29) is 23.8 Å². The molecule has 172 valence electrons. The van der Waals surface area contributed by atoms with Crippen molar-refractivity contribution in [1.29, 1.82) is 0 Å². The quantitative estimate of drug-likeness (QED) is 0.204. The third-order valence-electron chi connectivity index (χ3n) is 6.62. The fourth-order valence-electron chi connectivity index (χ4n) is 4.97. The molecule has 2 aliphatic carbocycles. The molecule has 9 nitrogen and oxygen atoms in total. The zero-order valence-electron chi connectivity index (χ0n) is 18.4. The number of carbonyl (C=O) groups is 3. The molecule has 0 unspecified atom stereocenters. The number of hydrogen-bond acceptors (Lipinski definition) is 5. The summed E-state index contributed by atoms with van der Waals surface area (Å²) in [4.78, 5) is 40.9. The van der Waals surface area contributed by atoms with Crippen LogP contribution >= 0.6 is 0 Å². The van der Waals surface area contributed by atoms with E-state index < -0.39 is 23.6 Å². The summed E-state index contributed by atoms with van der Waals surface area (Å²) in [5, 5.41) is 10.5. The fraction of sp³-hybridized carbons (Fsp3) is 0.773. The van der Waals surface area contributed by atoms with Gasteiger partial charge < -0.3 is 16.8 Å². The molecule has 1 heterocycles. The first-order chi connectivity index (χ1) is 15.0. The van der Waals surface area contributed by atoms with Crippen LogP contribution in [0.1, 0.15) is 89.9 Å². The van der Waals surface area contributed by atoms with Gasteiger partial charge in [-0.1, -0.05) is 64.2 Å². The highest BCUT2D eigenvalue weighted by Gasteiger charge is 2.51. The Morgan fingerprint density at radius 1 is 0.839 bits per heavy atom. The predicted octanol–water partition coefficient (Wildman–Crippen LogP) is 1.94. The van der Waals surface area contributed by atoms with Crippen LogP contribution in [0.4, 0.5) is 0 Å². The van der Waals surface area contributed by atoms with Crippen LogP contribution in [0.25, 0.3) is 0 Å². The highest BCUT2D eigenvalue weighted by Crippen LogP contribution is 2.28. The second kappa shape index (κ2) is 11.2. The first kappa shape index (κ1) is 23.2. The molecule has 3 amide bonds. The smallest absolute Gasteiger partial charge is 0.278 e. The van der Waals surface area contributed by atoms with Crippen LogP contribution in [0.3, 0.4) is 0 Å². The van der Waals surface area contributed by atoms with E-state index in [1.54, 1.807) is 0 Å². The van der Waals surface area contributed by atoms with Gasteiger partial charge in [0.2, 0.25) is 17.8 Å². The summed E-state index contributed by atoms with van der Waals surface area (Å²) in [7, 11) is 0. The lowest BCUT2D eigenvalue weighted by molar-refractivity contribution is -0.143. The van der Waals surface area contributed by atoms with Crippen LogP contribution in [-0.2, 0) is 14.4 Å². The van der Waals surface area contributed by atoms with Crippen LogP contribution in [0.15, 0.2) is 10.2 Å². The van der Waals surface area contributed by atoms with E-state index >= 15 is 0 Å². The molecule has 9 heteroatoms. The predicted molar refractivity (Wildman–Crippen MR) is 119 cm³/mol. The fourth-order valence-corrected chi connectivity index (χ4v) is 4.97. The van der Waals surface area contributed by atoms with E-state index in [9.17, 15) is 14.4 Å². The molecule has 1 saturated heterocycles. The second-order valence-electron chi connectivity index (χ2n) is 9.01. The number of nitrogens with zero attached hydrogens (tertiary/aromatic N) is 3. The maximum atomic E-state index is 13.3. The number of nitrogens with two attached hydrogens (primary N) is 2. The van der Waals surface area contributed by atoms with E-state index in [2.05, 4.69) is 15.5 Å². The molecule has 0 bridgehead atoms. The minimum Gasteiger partial charge on any atom is -0.369 e. The Kier molecular flexibility index (Phi) is 8.43. The first-order valence-electron chi connectivity index (χ1n) is 11.8. The molecule has 2 saturated carbocycles. The number of rotatable bonds is 4. The molecule has 3 aliphatic rings. The van der Waals surface area contributed by atoms with Crippen molar-refractivity contribution in [2.45, 2.75) is 102 Å². The Morgan fingerprint density at radius 3 is 1.90 bits per heavy atom. The van der Waals surface area contributed by atoms with Crippen molar-refractivity contribution >= 4 is 29.4 Å². The number of nitrogens with one attached hydrogen (secondary N) is 1. The molecule has 3 rings (SSSR count). The lowest BCUT2D eigenvalue weighted by Crippen LogP contribution is -2.45. The molecular formula is C22H36N6O3. The van der Waals surface area contributed by atoms with Gasteiger partial charge in [0.05, 0.1) is 0 Å². The monoisotopic (exact) mass is 432 g/mol. The summed E-state index contributed by atoms with van der Waals surface area (Å²) in [6, 6.07) is -0.195.